The van der Waals surface area contributed by atoms with Crippen molar-refractivity contribution in [1.82, 2.24) is 0 Å². The van der Waals surface area contributed by atoms with Crippen molar-refractivity contribution in [1.29, 1.82) is 0 Å². The maximum Gasteiger partial charge on any atom is 0.157 e. The summed E-state index contributed by atoms with van der Waals surface area (Å²) in [7, 11) is 2.76. The van der Waals surface area contributed by atoms with Crippen molar-refractivity contribution in [3.05, 3.63) is 82.4 Å². The molecule has 0 aliphatic carbocycles. The predicted octanol–water partition coefficient (Wildman–Crippen LogP) is 4.63. The molecule has 2 aliphatic heterocycles. The van der Waals surface area contributed by atoms with Gasteiger partial charge in [-0.3, -0.25) is 0 Å². The Morgan fingerprint density at radius 2 is 1.24 bits per heavy atom. The lowest BCUT2D eigenvalue weighted by Crippen LogP contribution is -2.37. The summed E-state index contributed by atoms with van der Waals surface area (Å²) in [5, 5.41) is 85.3. The number of aliphatic hydroxyl groups is 2. The molecule has 0 aromatic heterocycles. The number of aliphatic hydroxyl groups excluding tert-OH is 2. The highest BCUT2D eigenvalue weighted by atomic mass is 16.5. The first-order valence-electron chi connectivity index (χ1n) is 14.6. The second kappa shape index (κ2) is 12.7. The summed E-state index contributed by atoms with van der Waals surface area (Å²) in [6, 6.07) is 12.1. The van der Waals surface area contributed by atoms with E-state index < -0.39 is 41.8 Å². The number of phenols is 6. The molecule has 4 aromatic rings. The van der Waals surface area contributed by atoms with Crippen LogP contribution >= 0.6 is 0 Å². The van der Waals surface area contributed by atoms with Crippen LogP contribution in [0.5, 0.6) is 57.5 Å². The van der Waals surface area contributed by atoms with Gasteiger partial charge in [-0.05, 0) is 35.4 Å². The summed E-state index contributed by atoms with van der Waals surface area (Å²) in [4.78, 5) is 0. The average Bonchev–Trinajstić information content (AvgIpc) is 3.04. The van der Waals surface area contributed by atoms with E-state index in [4.69, 9.17) is 18.9 Å². The monoisotopic (exact) mass is 636 g/mol. The Balaban J connectivity index is 0.00000204. The first-order chi connectivity index (χ1) is 22.0. The summed E-state index contributed by atoms with van der Waals surface area (Å²) in [5.74, 6) is -2.72. The molecule has 4 aromatic carbocycles. The number of aromatic hydroxyl groups is 6. The predicted molar refractivity (Wildman–Crippen MR) is 165 cm³/mol. The van der Waals surface area contributed by atoms with Gasteiger partial charge in [-0.15, -0.1) is 0 Å². The molecular weight excluding hydrogens is 600 g/mol. The standard InChI is InChI=1S/C32H30O12.C2H6/c1-41-15-9-22(38)26-25(10-15)43-31(14-4-6-18(34)21(37)8-14)29(40)28(26)27-24(42-2)12-19(35)16-11-23(39)30(44-32(16)27)13-3-5-17(33)20(36)7-13;1-2/h3-10,12,23,28-31,33-40H,11H2,1-2H3;1-2H3/t23?,28?,29-,30-,31-;/m1./s1. The highest BCUT2D eigenvalue weighted by molar-refractivity contribution is 5.66. The molecule has 8 N–H and O–H groups in total. The van der Waals surface area contributed by atoms with E-state index in [0.717, 1.165) is 0 Å². The minimum Gasteiger partial charge on any atom is -0.507 e. The van der Waals surface area contributed by atoms with Gasteiger partial charge >= 0.3 is 0 Å². The number of ether oxygens (including phenoxy) is 4. The first kappa shape index (κ1) is 32.2. The molecule has 0 saturated heterocycles. The van der Waals surface area contributed by atoms with Gasteiger partial charge in [-0.25, -0.2) is 0 Å². The molecule has 12 heteroatoms. The van der Waals surface area contributed by atoms with Crippen molar-refractivity contribution in [2.24, 2.45) is 0 Å². The second-order valence-electron chi connectivity index (χ2n) is 10.7. The van der Waals surface area contributed by atoms with E-state index in [1.165, 1.54) is 68.8 Å². The van der Waals surface area contributed by atoms with Crippen LogP contribution in [0.15, 0.2) is 54.6 Å². The summed E-state index contributed by atoms with van der Waals surface area (Å²) >= 11 is 0. The van der Waals surface area contributed by atoms with Gasteiger partial charge in [0.1, 0.15) is 46.7 Å². The summed E-state index contributed by atoms with van der Waals surface area (Å²) < 4.78 is 23.5. The Hall–Kier alpha value is -5.20. The van der Waals surface area contributed by atoms with E-state index in [0.29, 0.717) is 11.1 Å². The maximum atomic E-state index is 12.0. The summed E-state index contributed by atoms with van der Waals surface area (Å²) in [5.41, 5.74) is 1.19. The SMILES string of the molecule is CC.COc1cc(O)c2c(c1)O[C@H](c1ccc(O)c(O)c1)[C@H](O)C2c1c(OC)cc(O)c2c1O[C@H](c1ccc(O)c(O)c1)C(O)C2. The van der Waals surface area contributed by atoms with Crippen molar-refractivity contribution in [3.63, 3.8) is 0 Å². The average molecular weight is 637 g/mol. The van der Waals surface area contributed by atoms with Gasteiger partial charge in [-0.2, -0.15) is 0 Å². The van der Waals surface area contributed by atoms with Crippen LogP contribution in [-0.2, 0) is 6.42 Å². The zero-order valence-electron chi connectivity index (χ0n) is 25.5. The molecule has 5 atom stereocenters. The van der Waals surface area contributed by atoms with Crippen LogP contribution < -0.4 is 18.9 Å². The van der Waals surface area contributed by atoms with Gasteiger partial charge in [0.2, 0.25) is 0 Å². The van der Waals surface area contributed by atoms with Crippen LogP contribution in [0.25, 0.3) is 0 Å². The normalized spacial score (nSPS) is 21.4. The van der Waals surface area contributed by atoms with Crippen LogP contribution in [-0.4, -0.2) is 67.3 Å². The third-order valence-corrected chi connectivity index (χ3v) is 8.10. The molecule has 244 valence electrons. The van der Waals surface area contributed by atoms with Crippen molar-refractivity contribution in [3.8, 4) is 57.5 Å². The third kappa shape index (κ3) is 5.46. The van der Waals surface area contributed by atoms with E-state index in [-0.39, 0.29) is 69.1 Å². The van der Waals surface area contributed by atoms with E-state index in [2.05, 4.69) is 0 Å². The topological polar surface area (TPSA) is 199 Å². The molecule has 12 nitrogen and oxygen atoms in total. The molecule has 2 unspecified atom stereocenters. The molecule has 0 spiro atoms. The Labute approximate surface area is 264 Å². The van der Waals surface area contributed by atoms with Crippen molar-refractivity contribution in [2.45, 2.75) is 50.6 Å². The zero-order chi connectivity index (χ0) is 33.4. The minimum atomic E-state index is -1.47. The van der Waals surface area contributed by atoms with E-state index in [1.807, 2.05) is 13.8 Å². The molecule has 0 radical (unpaired) electrons. The Morgan fingerprint density at radius 3 is 1.80 bits per heavy atom. The van der Waals surface area contributed by atoms with Gasteiger partial charge in [0.05, 0.1) is 26.2 Å². The summed E-state index contributed by atoms with van der Waals surface area (Å²) in [6.45, 7) is 4.00. The fraction of sp³-hybridized carbons (Fsp3) is 0.294. The molecule has 0 amide bonds. The van der Waals surface area contributed by atoms with Crippen LogP contribution in [0.4, 0.5) is 0 Å². The second-order valence-corrected chi connectivity index (χ2v) is 10.7. The molecule has 0 bridgehead atoms. The Morgan fingerprint density at radius 1 is 0.630 bits per heavy atom. The van der Waals surface area contributed by atoms with E-state index in [1.54, 1.807) is 0 Å². The number of benzene rings is 4. The van der Waals surface area contributed by atoms with Crippen LogP contribution in [0.1, 0.15) is 59.8 Å². The molecule has 0 saturated carbocycles. The lowest BCUT2D eigenvalue weighted by molar-refractivity contribution is 0.00115. The fourth-order valence-electron chi connectivity index (χ4n) is 5.97. The number of fused-ring (bicyclic) bond motifs is 2. The molecular formula is C34H36O12. The molecule has 2 heterocycles. The van der Waals surface area contributed by atoms with Gasteiger partial charge in [0, 0.05) is 41.3 Å². The highest BCUT2D eigenvalue weighted by Crippen LogP contribution is 2.57. The largest absolute Gasteiger partial charge is 0.507 e. The lowest BCUT2D eigenvalue weighted by Gasteiger charge is -2.40. The fourth-order valence-corrected chi connectivity index (χ4v) is 5.97. The zero-order valence-corrected chi connectivity index (χ0v) is 25.5. The number of methoxy groups -OCH3 is 2. The van der Waals surface area contributed by atoms with Crippen molar-refractivity contribution >= 4 is 0 Å². The van der Waals surface area contributed by atoms with Gasteiger partial charge in [0.15, 0.2) is 29.1 Å². The summed E-state index contributed by atoms with van der Waals surface area (Å²) in [6.07, 6.45) is -4.99. The van der Waals surface area contributed by atoms with E-state index in [9.17, 15) is 40.9 Å². The number of rotatable bonds is 5. The lowest BCUT2D eigenvalue weighted by atomic mass is 9.77. The smallest absolute Gasteiger partial charge is 0.157 e. The quantitative estimate of drug-likeness (QED) is 0.142. The number of hydrogen-bond acceptors (Lipinski definition) is 12. The number of phenolic OH excluding ortho intramolecular Hbond substituents is 6. The van der Waals surface area contributed by atoms with Gasteiger partial charge in [-0.1, -0.05) is 26.0 Å². The highest BCUT2D eigenvalue weighted by Gasteiger charge is 2.46. The Kier molecular flexibility index (Phi) is 8.86. The van der Waals surface area contributed by atoms with Crippen LogP contribution in [0, 0.1) is 0 Å². The maximum absolute atomic E-state index is 12.0. The molecule has 46 heavy (non-hydrogen) atoms. The first-order valence-corrected chi connectivity index (χ1v) is 14.6. The van der Waals surface area contributed by atoms with Gasteiger partial charge in [0.25, 0.3) is 0 Å². The number of hydrogen-bond donors (Lipinski definition) is 8. The van der Waals surface area contributed by atoms with Gasteiger partial charge < -0.3 is 59.8 Å². The Bertz CT molecular complexity index is 1750. The third-order valence-electron chi connectivity index (χ3n) is 8.10. The van der Waals surface area contributed by atoms with Crippen LogP contribution in [0.2, 0.25) is 0 Å². The van der Waals surface area contributed by atoms with Crippen molar-refractivity contribution in [2.75, 3.05) is 14.2 Å². The molecule has 6 rings (SSSR count). The minimum absolute atomic E-state index is 0.0594. The van der Waals surface area contributed by atoms with Crippen molar-refractivity contribution < 1.29 is 59.8 Å². The molecule has 2 aliphatic rings. The molecule has 0 fully saturated rings. The van der Waals surface area contributed by atoms with Crippen LogP contribution in [0.3, 0.4) is 0 Å². The van der Waals surface area contributed by atoms with E-state index >= 15 is 0 Å².